The van der Waals surface area contributed by atoms with Gasteiger partial charge >= 0.3 is 0 Å². The lowest BCUT2D eigenvalue weighted by Gasteiger charge is -2.13. The van der Waals surface area contributed by atoms with Gasteiger partial charge in [0.1, 0.15) is 4.90 Å². The summed E-state index contributed by atoms with van der Waals surface area (Å²) in [6.07, 6.45) is 0.666. The third-order valence-corrected chi connectivity index (χ3v) is 7.61. The van der Waals surface area contributed by atoms with Gasteiger partial charge in [0, 0.05) is 17.8 Å². The quantitative estimate of drug-likeness (QED) is 0.251. The predicted octanol–water partition coefficient (Wildman–Crippen LogP) is 5.67. The zero-order valence-corrected chi connectivity index (χ0v) is 22.1. The molecule has 0 saturated carbocycles. The average molecular weight is 548 g/mol. The highest BCUT2D eigenvalue weighted by atomic mass is 35.5. The minimum Gasteiger partial charge on any atom is -0.352 e. The van der Waals surface area contributed by atoms with Crippen molar-refractivity contribution >= 4 is 44.8 Å². The predicted molar refractivity (Wildman–Crippen MR) is 150 cm³/mol. The standard InChI is InChI=1S/C29H26ClN3O4S/c1-20-11-14-23(15-12-20)33-38(36,37)27-19-22(13-16-25(27)30)28(34)32-26-10-6-5-9-24(26)29(35)31-18-17-21-7-3-2-4-8-21/h2-16,19,33H,17-18H2,1H3,(H,31,35)(H,32,34). The van der Waals surface area contributed by atoms with Gasteiger partial charge in [-0.1, -0.05) is 71.8 Å². The Morgan fingerprint density at radius 3 is 2.24 bits per heavy atom. The Bertz CT molecular complexity index is 1560. The number of hydrogen-bond acceptors (Lipinski definition) is 4. The lowest BCUT2D eigenvalue weighted by molar-refractivity contribution is 0.0955. The Balaban J connectivity index is 1.48. The summed E-state index contributed by atoms with van der Waals surface area (Å²) in [7, 11) is -4.07. The zero-order chi connectivity index (χ0) is 27.1. The number of carbonyl (C=O) groups excluding carboxylic acids is 2. The number of anilines is 2. The van der Waals surface area contributed by atoms with Crippen LogP contribution in [0.4, 0.5) is 11.4 Å². The van der Waals surface area contributed by atoms with Crippen molar-refractivity contribution in [1.29, 1.82) is 0 Å². The molecule has 3 N–H and O–H groups in total. The SMILES string of the molecule is Cc1ccc(NS(=O)(=O)c2cc(C(=O)Nc3ccccc3C(=O)NCCc3ccccc3)ccc2Cl)cc1. The molecule has 0 aliphatic heterocycles. The Hall–Kier alpha value is -4.14. The highest BCUT2D eigenvalue weighted by molar-refractivity contribution is 7.92. The van der Waals surface area contributed by atoms with Crippen LogP contribution in [0.5, 0.6) is 0 Å². The number of amides is 2. The summed E-state index contributed by atoms with van der Waals surface area (Å²) < 4.78 is 28.5. The number of benzene rings is 4. The van der Waals surface area contributed by atoms with Crippen LogP contribution in [0.15, 0.2) is 102 Å². The van der Waals surface area contributed by atoms with Crippen molar-refractivity contribution in [2.75, 3.05) is 16.6 Å². The molecule has 0 fully saturated rings. The van der Waals surface area contributed by atoms with Crippen LogP contribution in [0.2, 0.25) is 5.02 Å². The van der Waals surface area contributed by atoms with Crippen LogP contribution in [0.1, 0.15) is 31.8 Å². The fraction of sp³-hybridized carbons (Fsp3) is 0.103. The van der Waals surface area contributed by atoms with E-state index in [0.717, 1.165) is 11.1 Å². The van der Waals surface area contributed by atoms with Crippen molar-refractivity contribution in [2.45, 2.75) is 18.2 Å². The second kappa shape index (κ2) is 11.9. The maximum atomic E-state index is 13.1. The minimum atomic E-state index is -4.07. The molecular formula is C29H26ClN3O4S. The van der Waals surface area contributed by atoms with E-state index in [1.807, 2.05) is 37.3 Å². The van der Waals surface area contributed by atoms with Crippen LogP contribution in [-0.4, -0.2) is 26.8 Å². The molecule has 2 amide bonds. The number of sulfonamides is 1. The van der Waals surface area contributed by atoms with Gasteiger partial charge in [-0.05, 0) is 61.4 Å². The number of para-hydroxylation sites is 1. The third-order valence-electron chi connectivity index (χ3n) is 5.75. The van der Waals surface area contributed by atoms with E-state index in [0.29, 0.717) is 24.3 Å². The monoisotopic (exact) mass is 547 g/mol. The highest BCUT2D eigenvalue weighted by Gasteiger charge is 2.21. The topological polar surface area (TPSA) is 104 Å². The van der Waals surface area contributed by atoms with E-state index in [1.54, 1.807) is 48.5 Å². The van der Waals surface area contributed by atoms with E-state index < -0.39 is 15.9 Å². The molecule has 0 aliphatic rings. The lowest BCUT2D eigenvalue weighted by Crippen LogP contribution is -2.27. The molecule has 0 bridgehead atoms. The van der Waals surface area contributed by atoms with Crippen LogP contribution in [-0.2, 0) is 16.4 Å². The first-order chi connectivity index (χ1) is 18.2. The van der Waals surface area contributed by atoms with Crippen molar-refractivity contribution < 1.29 is 18.0 Å². The molecule has 0 spiro atoms. The summed E-state index contributed by atoms with van der Waals surface area (Å²) in [4.78, 5) is 25.7. The molecule has 9 heteroatoms. The molecule has 194 valence electrons. The summed E-state index contributed by atoms with van der Waals surface area (Å²) in [6, 6.07) is 27.2. The van der Waals surface area contributed by atoms with Crippen molar-refractivity contribution in [1.82, 2.24) is 5.32 Å². The maximum Gasteiger partial charge on any atom is 0.263 e. The van der Waals surface area contributed by atoms with E-state index in [4.69, 9.17) is 11.6 Å². The molecule has 38 heavy (non-hydrogen) atoms. The van der Waals surface area contributed by atoms with Crippen molar-refractivity contribution in [3.8, 4) is 0 Å². The van der Waals surface area contributed by atoms with Gasteiger partial charge in [0.05, 0.1) is 16.3 Å². The second-order valence-corrected chi connectivity index (χ2v) is 10.7. The molecule has 0 atom stereocenters. The third kappa shape index (κ3) is 6.79. The molecule has 0 radical (unpaired) electrons. The molecule has 7 nitrogen and oxygen atoms in total. The van der Waals surface area contributed by atoms with Crippen LogP contribution >= 0.6 is 11.6 Å². The van der Waals surface area contributed by atoms with E-state index in [2.05, 4.69) is 15.4 Å². The van der Waals surface area contributed by atoms with Gasteiger partial charge in [-0.25, -0.2) is 8.42 Å². The number of hydrogen-bond donors (Lipinski definition) is 3. The normalized spacial score (nSPS) is 11.0. The van der Waals surface area contributed by atoms with Gasteiger partial charge in [-0.15, -0.1) is 0 Å². The average Bonchev–Trinajstić information content (AvgIpc) is 2.91. The molecule has 4 aromatic carbocycles. The van der Waals surface area contributed by atoms with Gasteiger partial charge < -0.3 is 10.6 Å². The van der Waals surface area contributed by atoms with Crippen molar-refractivity contribution in [3.05, 3.63) is 124 Å². The van der Waals surface area contributed by atoms with E-state index >= 15 is 0 Å². The maximum absolute atomic E-state index is 13.1. The number of rotatable bonds is 9. The van der Waals surface area contributed by atoms with Crippen molar-refractivity contribution in [3.63, 3.8) is 0 Å². The first kappa shape index (κ1) is 26.9. The molecular weight excluding hydrogens is 522 g/mol. The van der Waals surface area contributed by atoms with E-state index in [1.165, 1.54) is 18.2 Å². The Kier molecular flexibility index (Phi) is 8.45. The van der Waals surface area contributed by atoms with Crippen LogP contribution in [0, 0.1) is 6.92 Å². The molecule has 0 heterocycles. The van der Waals surface area contributed by atoms with Gasteiger partial charge in [0.25, 0.3) is 21.8 Å². The number of carbonyl (C=O) groups is 2. The van der Waals surface area contributed by atoms with E-state index in [-0.39, 0.29) is 27.0 Å². The fourth-order valence-electron chi connectivity index (χ4n) is 3.73. The Morgan fingerprint density at radius 2 is 1.50 bits per heavy atom. The number of halogens is 1. The summed E-state index contributed by atoms with van der Waals surface area (Å²) in [5, 5.41) is 5.55. The van der Waals surface area contributed by atoms with Crippen LogP contribution in [0.25, 0.3) is 0 Å². The first-order valence-electron chi connectivity index (χ1n) is 11.8. The molecule has 0 unspecified atom stereocenters. The first-order valence-corrected chi connectivity index (χ1v) is 13.7. The summed E-state index contributed by atoms with van der Waals surface area (Å²) in [6.45, 7) is 2.32. The van der Waals surface area contributed by atoms with Crippen LogP contribution < -0.4 is 15.4 Å². The summed E-state index contributed by atoms with van der Waals surface area (Å²) in [5.74, 6) is -0.920. The molecule has 0 aromatic heterocycles. The van der Waals surface area contributed by atoms with Gasteiger partial charge in [-0.2, -0.15) is 0 Å². The minimum absolute atomic E-state index is 0.0284. The number of nitrogens with one attached hydrogen (secondary N) is 3. The molecule has 4 rings (SSSR count). The smallest absolute Gasteiger partial charge is 0.263 e. The van der Waals surface area contributed by atoms with E-state index in [9.17, 15) is 18.0 Å². The lowest BCUT2D eigenvalue weighted by atomic mass is 10.1. The zero-order valence-electron chi connectivity index (χ0n) is 20.6. The van der Waals surface area contributed by atoms with Gasteiger partial charge in [-0.3, -0.25) is 14.3 Å². The van der Waals surface area contributed by atoms with Crippen LogP contribution in [0.3, 0.4) is 0 Å². The Morgan fingerprint density at radius 1 is 0.816 bits per heavy atom. The number of aryl methyl sites for hydroxylation is 1. The molecule has 0 saturated heterocycles. The molecule has 4 aromatic rings. The molecule has 0 aliphatic carbocycles. The fourth-order valence-corrected chi connectivity index (χ4v) is 5.31. The summed E-state index contributed by atoms with van der Waals surface area (Å²) >= 11 is 6.19. The highest BCUT2D eigenvalue weighted by Crippen LogP contribution is 2.26. The largest absolute Gasteiger partial charge is 0.352 e. The Labute approximate surface area is 226 Å². The van der Waals surface area contributed by atoms with Gasteiger partial charge in [0.2, 0.25) is 0 Å². The second-order valence-electron chi connectivity index (χ2n) is 8.61. The van der Waals surface area contributed by atoms with Gasteiger partial charge in [0.15, 0.2) is 0 Å². The summed E-state index contributed by atoms with van der Waals surface area (Å²) in [5.41, 5.74) is 3.10. The van der Waals surface area contributed by atoms with Crippen molar-refractivity contribution in [2.24, 2.45) is 0 Å².